The third kappa shape index (κ3) is 5.69. The van der Waals surface area contributed by atoms with Gasteiger partial charge in [0.1, 0.15) is 11.8 Å². The zero-order valence-electron chi connectivity index (χ0n) is 21.8. The topological polar surface area (TPSA) is 99.5 Å². The molecule has 9 nitrogen and oxygen atoms in total. The Morgan fingerprint density at radius 1 is 1.08 bits per heavy atom. The molecule has 2 aromatic carbocycles. The van der Waals surface area contributed by atoms with Crippen LogP contribution in [0, 0.1) is 0 Å². The Hall–Kier alpha value is -3.66. The molecule has 1 aliphatic rings. The molecular formula is C27H33N5O4S. The van der Waals surface area contributed by atoms with E-state index >= 15 is 0 Å². The van der Waals surface area contributed by atoms with E-state index in [1.165, 1.54) is 0 Å². The predicted molar refractivity (Wildman–Crippen MR) is 146 cm³/mol. The highest BCUT2D eigenvalue weighted by Crippen LogP contribution is 2.40. The van der Waals surface area contributed by atoms with E-state index < -0.39 is 6.04 Å². The largest absolute Gasteiger partial charge is 0.495 e. The number of hydrogen-bond donors (Lipinski definition) is 2. The summed E-state index contributed by atoms with van der Waals surface area (Å²) in [6.07, 6.45) is 1.89. The van der Waals surface area contributed by atoms with Crippen LogP contribution >= 0.6 is 11.8 Å². The number of benzene rings is 2. The lowest BCUT2D eigenvalue weighted by molar-refractivity contribution is -0.113. The van der Waals surface area contributed by atoms with Crippen LogP contribution in [0.15, 0.2) is 58.9 Å². The van der Waals surface area contributed by atoms with Crippen LogP contribution in [0.1, 0.15) is 45.2 Å². The van der Waals surface area contributed by atoms with Crippen molar-refractivity contribution in [3.63, 3.8) is 0 Å². The van der Waals surface area contributed by atoms with Crippen molar-refractivity contribution in [3.8, 4) is 17.2 Å². The number of nitrogens with one attached hydrogen (secondary N) is 2. The molecule has 1 aliphatic heterocycles. The lowest BCUT2D eigenvalue weighted by atomic mass is 9.94. The first-order chi connectivity index (χ1) is 18.0. The molecule has 0 saturated heterocycles. The average molecular weight is 524 g/mol. The van der Waals surface area contributed by atoms with E-state index in [0.29, 0.717) is 51.9 Å². The van der Waals surface area contributed by atoms with Crippen molar-refractivity contribution in [2.75, 3.05) is 37.2 Å². The Morgan fingerprint density at radius 2 is 1.86 bits per heavy atom. The maximum atomic E-state index is 13.8. The number of methoxy groups -OCH3 is 2. The summed E-state index contributed by atoms with van der Waals surface area (Å²) in [5, 5.41) is 11.7. The van der Waals surface area contributed by atoms with Gasteiger partial charge in [0.2, 0.25) is 11.1 Å². The van der Waals surface area contributed by atoms with E-state index in [4.69, 9.17) is 19.3 Å². The van der Waals surface area contributed by atoms with Crippen molar-refractivity contribution in [3.05, 3.63) is 59.3 Å². The summed E-state index contributed by atoms with van der Waals surface area (Å²) in [5.74, 6) is 3.04. The number of amides is 1. The average Bonchev–Trinajstić information content (AvgIpc) is 3.32. The first kappa shape index (κ1) is 26.4. The molecule has 0 aliphatic carbocycles. The molecule has 3 aromatic rings. The molecule has 0 fully saturated rings. The molecule has 4 rings (SSSR count). The van der Waals surface area contributed by atoms with Crippen molar-refractivity contribution < 1.29 is 19.0 Å². The molecule has 1 atom stereocenters. The highest BCUT2D eigenvalue weighted by atomic mass is 32.2. The lowest BCUT2D eigenvalue weighted by Crippen LogP contribution is -2.31. The maximum Gasteiger partial charge on any atom is 0.255 e. The van der Waals surface area contributed by atoms with E-state index in [1.54, 1.807) is 42.8 Å². The van der Waals surface area contributed by atoms with Crippen LogP contribution in [0.5, 0.6) is 17.2 Å². The van der Waals surface area contributed by atoms with Gasteiger partial charge in [-0.15, -0.1) is 5.10 Å². The van der Waals surface area contributed by atoms with E-state index in [9.17, 15) is 4.79 Å². The second kappa shape index (κ2) is 12.1. The monoisotopic (exact) mass is 523 g/mol. The molecule has 10 heteroatoms. The molecule has 2 heterocycles. The Balaban J connectivity index is 1.78. The summed E-state index contributed by atoms with van der Waals surface area (Å²) in [6, 6.07) is 12.5. The van der Waals surface area contributed by atoms with Crippen LogP contribution in [0.3, 0.4) is 0 Å². The third-order valence-corrected chi connectivity index (χ3v) is 6.88. The van der Waals surface area contributed by atoms with Crippen molar-refractivity contribution in [1.82, 2.24) is 14.8 Å². The van der Waals surface area contributed by atoms with Gasteiger partial charge in [-0.25, -0.2) is 4.68 Å². The fourth-order valence-electron chi connectivity index (χ4n) is 4.11. The summed E-state index contributed by atoms with van der Waals surface area (Å²) in [5.41, 5.74) is 2.61. The van der Waals surface area contributed by atoms with Crippen LogP contribution in [0.2, 0.25) is 0 Å². The van der Waals surface area contributed by atoms with Gasteiger partial charge in [-0.2, -0.15) is 4.98 Å². The van der Waals surface area contributed by atoms with Crippen LogP contribution < -0.4 is 24.8 Å². The minimum absolute atomic E-state index is 0.270. The normalized spacial score (nSPS) is 14.6. The Morgan fingerprint density at radius 3 is 2.59 bits per heavy atom. The van der Waals surface area contributed by atoms with Crippen LogP contribution in [0.25, 0.3) is 0 Å². The molecule has 0 bridgehead atoms. The molecule has 2 N–H and O–H groups in total. The fourth-order valence-corrected chi connectivity index (χ4v) is 4.79. The molecule has 37 heavy (non-hydrogen) atoms. The first-order valence-electron chi connectivity index (χ1n) is 12.3. The van der Waals surface area contributed by atoms with E-state index in [0.717, 1.165) is 24.2 Å². The second-order valence-corrected chi connectivity index (χ2v) is 9.55. The molecule has 0 radical (unpaired) electrons. The van der Waals surface area contributed by atoms with Crippen molar-refractivity contribution in [2.24, 2.45) is 0 Å². The van der Waals surface area contributed by atoms with Crippen molar-refractivity contribution in [1.29, 1.82) is 0 Å². The number of thioether (sulfide) groups is 1. The number of rotatable bonds is 11. The van der Waals surface area contributed by atoms with Crippen LogP contribution in [-0.2, 0) is 4.79 Å². The molecule has 1 unspecified atom stereocenters. The third-order valence-electron chi connectivity index (χ3n) is 5.83. The highest BCUT2D eigenvalue weighted by molar-refractivity contribution is 7.99. The van der Waals surface area contributed by atoms with Crippen molar-refractivity contribution >= 4 is 29.3 Å². The summed E-state index contributed by atoms with van der Waals surface area (Å²) in [7, 11) is 3.18. The molecule has 0 spiro atoms. The van der Waals surface area contributed by atoms with Gasteiger partial charge in [0, 0.05) is 11.4 Å². The number of ether oxygens (including phenoxy) is 3. The zero-order chi connectivity index (χ0) is 26.4. The number of carbonyl (C=O) groups is 1. The standard InChI is InChI=1S/C27H33N5O4S/c1-6-14-36-21-13-12-18(16-22(21)35-5)24-23(25(33)29-19-10-8-9-11-20(19)34-4)17(3)28-26-30-27(31-32(24)26)37-15-7-2/h8-13,16,24H,6-7,14-15H2,1-5H3,(H,29,33)(H,28,30,31). The van der Waals surface area contributed by atoms with E-state index in [-0.39, 0.29) is 5.91 Å². The summed E-state index contributed by atoms with van der Waals surface area (Å²) < 4.78 is 18.7. The van der Waals surface area contributed by atoms with Gasteiger partial charge >= 0.3 is 0 Å². The van der Waals surface area contributed by atoms with Crippen molar-refractivity contribution in [2.45, 2.75) is 44.8 Å². The van der Waals surface area contributed by atoms with E-state index in [2.05, 4.69) is 29.5 Å². The molecule has 196 valence electrons. The number of para-hydroxylation sites is 2. The maximum absolute atomic E-state index is 13.8. The SMILES string of the molecule is CCCOc1ccc(C2C(C(=O)Nc3ccccc3OC)=C(C)Nc3nc(SCCC)nn32)cc1OC. The molecular weight excluding hydrogens is 490 g/mol. The predicted octanol–water partition coefficient (Wildman–Crippen LogP) is 5.51. The number of fused-ring (bicyclic) bond motifs is 1. The smallest absolute Gasteiger partial charge is 0.255 e. The Labute approximate surface area is 221 Å². The Bertz CT molecular complexity index is 1290. The van der Waals surface area contributed by atoms with Gasteiger partial charge in [0.25, 0.3) is 5.91 Å². The van der Waals surface area contributed by atoms with Crippen LogP contribution in [0.4, 0.5) is 11.6 Å². The Kier molecular flexibility index (Phi) is 8.60. The van der Waals surface area contributed by atoms with Gasteiger partial charge in [0.15, 0.2) is 11.5 Å². The number of aromatic nitrogens is 3. The van der Waals surface area contributed by atoms with E-state index in [1.807, 2.05) is 37.3 Å². The summed E-state index contributed by atoms with van der Waals surface area (Å²) >= 11 is 1.59. The molecule has 0 saturated carbocycles. The summed E-state index contributed by atoms with van der Waals surface area (Å²) in [4.78, 5) is 18.5. The fraction of sp³-hybridized carbons (Fsp3) is 0.370. The molecule has 1 aromatic heterocycles. The number of allylic oxidation sites excluding steroid dienone is 1. The number of nitrogens with zero attached hydrogens (tertiary/aromatic N) is 3. The van der Waals surface area contributed by atoms with Gasteiger partial charge < -0.3 is 24.8 Å². The minimum atomic E-state index is -0.538. The first-order valence-corrected chi connectivity index (χ1v) is 13.3. The van der Waals surface area contributed by atoms with Gasteiger partial charge in [-0.1, -0.05) is 43.8 Å². The highest BCUT2D eigenvalue weighted by Gasteiger charge is 2.35. The summed E-state index contributed by atoms with van der Waals surface area (Å²) in [6.45, 7) is 6.62. The van der Waals surface area contributed by atoms with Crippen LogP contribution in [-0.4, -0.2) is 47.3 Å². The zero-order valence-corrected chi connectivity index (χ0v) is 22.6. The second-order valence-electron chi connectivity index (χ2n) is 8.49. The number of carbonyl (C=O) groups excluding carboxylic acids is 1. The van der Waals surface area contributed by atoms with Gasteiger partial charge in [0.05, 0.1) is 32.1 Å². The minimum Gasteiger partial charge on any atom is -0.495 e. The molecule has 1 amide bonds. The van der Waals surface area contributed by atoms with Gasteiger partial charge in [-0.3, -0.25) is 4.79 Å². The van der Waals surface area contributed by atoms with Gasteiger partial charge in [-0.05, 0) is 49.6 Å². The lowest BCUT2D eigenvalue weighted by Gasteiger charge is -2.29. The number of anilines is 2. The number of hydrogen-bond acceptors (Lipinski definition) is 8. The quantitative estimate of drug-likeness (QED) is 0.317.